The molecule has 0 aromatic heterocycles. The molecule has 1 N–H and O–H groups in total. The lowest BCUT2D eigenvalue weighted by atomic mass is 10.2. The number of piperazine rings is 1. The second kappa shape index (κ2) is 7.10. The zero-order valence-electron chi connectivity index (χ0n) is 13.4. The van der Waals surface area contributed by atoms with Gasteiger partial charge in [-0.1, -0.05) is 30.3 Å². The number of carbonyl (C=O) groups is 2. The largest absolute Gasteiger partial charge is 0.359 e. The molecule has 6 heteroatoms. The van der Waals surface area contributed by atoms with Crippen LogP contribution < -0.4 is 5.32 Å². The van der Waals surface area contributed by atoms with Gasteiger partial charge < -0.3 is 15.0 Å². The van der Waals surface area contributed by atoms with Crippen LogP contribution in [0.25, 0.3) is 0 Å². The average molecular weight is 317 g/mol. The van der Waals surface area contributed by atoms with Crippen LogP contribution in [0, 0.1) is 0 Å². The first-order chi connectivity index (χ1) is 11.1. The molecule has 2 heterocycles. The highest BCUT2D eigenvalue weighted by molar-refractivity contribution is 5.88. The Bertz CT molecular complexity index is 555. The first-order valence-corrected chi connectivity index (χ1v) is 8.11. The van der Waals surface area contributed by atoms with Gasteiger partial charge in [-0.3, -0.25) is 14.5 Å². The number of carbonyl (C=O) groups excluding carboxylic acids is 2. The van der Waals surface area contributed by atoms with Crippen LogP contribution in [0.15, 0.2) is 30.3 Å². The van der Waals surface area contributed by atoms with Crippen molar-refractivity contribution in [3.05, 3.63) is 35.9 Å². The molecule has 2 aliphatic rings. The second-order valence-electron chi connectivity index (χ2n) is 6.12. The van der Waals surface area contributed by atoms with Crippen molar-refractivity contribution in [3.63, 3.8) is 0 Å². The molecule has 0 spiro atoms. The van der Waals surface area contributed by atoms with Crippen LogP contribution in [-0.2, 0) is 20.9 Å². The summed E-state index contributed by atoms with van der Waals surface area (Å²) in [5.41, 5.74) is 1.29. The van der Waals surface area contributed by atoms with E-state index in [2.05, 4.69) is 22.3 Å². The zero-order valence-corrected chi connectivity index (χ0v) is 13.4. The number of rotatable bonds is 5. The van der Waals surface area contributed by atoms with Gasteiger partial charge in [-0.15, -0.1) is 0 Å². The Labute approximate surface area is 136 Å². The van der Waals surface area contributed by atoms with Crippen molar-refractivity contribution < 1.29 is 14.3 Å². The SMILES string of the molecule is C[C@@H]1O[C@H]1C(=O)NCC(=O)N1CCN(Cc2ccccc2)CC1. The maximum Gasteiger partial charge on any atom is 0.252 e. The number of hydrogen-bond donors (Lipinski definition) is 1. The van der Waals surface area contributed by atoms with Crippen LogP contribution >= 0.6 is 0 Å². The molecule has 23 heavy (non-hydrogen) atoms. The molecule has 3 rings (SSSR count). The monoisotopic (exact) mass is 317 g/mol. The Morgan fingerprint density at radius 1 is 1.17 bits per heavy atom. The van der Waals surface area contributed by atoms with Gasteiger partial charge in [-0.2, -0.15) is 0 Å². The van der Waals surface area contributed by atoms with E-state index in [1.54, 1.807) is 0 Å². The highest BCUT2D eigenvalue weighted by Crippen LogP contribution is 2.20. The molecule has 0 bridgehead atoms. The molecule has 124 valence electrons. The zero-order chi connectivity index (χ0) is 16.2. The summed E-state index contributed by atoms with van der Waals surface area (Å²) >= 11 is 0. The van der Waals surface area contributed by atoms with E-state index in [-0.39, 0.29) is 30.6 Å². The fourth-order valence-electron chi connectivity index (χ4n) is 2.83. The van der Waals surface area contributed by atoms with E-state index < -0.39 is 0 Å². The van der Waals surface area contributed by atoms with Crippen molar-refractivity contribution in [2.24, 2.45) is 0 Å². The summed E-state index contributed by atoms with van der Waals surface area (Å²) in [7, 11) is 0. The van der Waals surface area contributed by atoms with Crippen LogP contribution in [-0.4, -0.2) is 66.5 Å². The standard InChI is InChI=1S/C17H23N3O3/c1-13-16(23-13)17(22)18-11-15(21)20-9-7-19(8-10-20)12-14-5-3-2-4-6-14/h2-6,13,16H,7-12H2,1H3,(H,18,22)/t13-,16+/m0/s1. The molecule has 1 aromatic carbocycles. The van der Waals surface area contributed by atoms with E-state index in [1.807, 2.05) is 30.0 Å². The van der Waals surface area contributed by atoms with Gasteiger partial charge in [0.05, 0.1) is 12.6 Å². The fraction of sp³-hybridized carbons (Fsp3) is 0.529. The molecular formula is C17H23N3O3. The molecule has 0 saturated carbocycles. The number of ether oxygens (including phenoxy) is 1. The van der Waals surface area contributed by atoms with Gasteiger partial charge in [0.2, 0.25) is 5.91 Å². The topological polar surface area (TPSA) is 65.2 Å². The molecule has 0 unspecified atom stereocenters. The number of amides is 2. The fourth-order valence-corrected chi connectivity index (χ4v) is 2.83. The summed E-state index contributed by atoms with van der Waals surface area (Å²) in [5.74, 6) is -0.209. The lowest BCUT2D eigenvalue weighted by molar-refractivity contribution is -0.134. The van der Waals surface area contributed by atoms with Crippen molar-refractivity contribution >= 4 is 11.8 Å². The van der Waals surface area contributed by atoms with Crippen molar-refractivity contribution in [1.29, 1.82) is 0 Å². The van der Waals surface area contributed by atoms with Crippen molar-refractivity contribution in [1.82, 2.24) is 15.1 Å². The van der Waals surface area contributed by atoms with Crippen molar-refractivity contribution in [2.45, 2.75) is 25.7 Å². The lowest BCUT2D eigenvalue weighted by Gasteiger charge is -2.34. The number of benzene rings is 1. The summed E-state index contributed by atoms with van der Waals surface area (Å²) in [6.45, 7) is 5.95. The van der Waals surface area contributed by atoms with E-state index in [0.29, 0.717) is 13.1 Å². The first kappa shape index (κ1) is 16.0. The van der Waals surface area contributed by atoms with Crippen LogP contribution in [0.4, 0.5) is 0 Å². The van der Waals surface area contributed by atoms with Crippen LogP contribution in [0.3, 0.4) is 0 Å². The Morgan fingerprint density at radius 3 is 2.43 bits per heavy atom. The third-order valence-corrected chi connectivity index (χ3v) is 4.36. The quantitative estimate of drug-likeness (QED) is 0.790. The van der Waals surface area contributed by atoms with Gasteiger partial charge in [0.1, 0.15) is 0 Å². The Kier molecular flexibility index (Phi) is 4.93. The van der Waals surface area contributed by atoms with E-state index >= 15 is 0 Å². The van der Waals surface area contributed by atoms with Gasteiger partial charge >= 0.3 is 0 Å². The van der Waals surface area contributed by atoms with Crippen LogP contribution in [0.1, 0.15) is 12.5 Å². The van der Waals surface area contributed by atoms with Gasteiger partial charge in [0, 0.05) is 32.7 Å². The summed E-state index contributed by atoms with van der Waals surface area (Å²) in [4.78, 5) is 28.0. The van der Waals surface area contributed by atoms with E-state index in [9.17, 15) is 9.59 Å². The summed E-state index contributed by atoms with van der Waals surface area (Å²) < 4.78 is 5.08. The predicted molar refractivity (Wildman–Crippen MR) is 85.6 cm³/mol. The Morgan fingerprint density at radius 2 is 1.83 bits per heavy atom. The predicted octanol–water partition coefficient (Wildman–Crippen LogP) is 0.234. The molecule has 2 fully saturated rings. The highest BCUT2D eigenvalue weighted by Gasteiger charge is 2.41. The second-order valence-corrected chi connectivity index (χ2v) is 6.12. The van der Waals surface area contributed by atoms with Crippen LogP contribution in [0.2, 0.25) is 0 Å². The molecule has 6 nitrogen and oxygen atoms in total. The molecule has 2 saturated heterocycles. The van der Waals surface area contributed by atoms with Gasteiger partial charge in [-0.25, -0.2) is 0 Å². The van der Waals surface area contributed by atoms with Gasteiger partial charge in [0.25, 0.3) is 5.91 Å². The number of nitrogens with one attached hydrogen (secondary N) is 1. The van der Waals surface area contributed by atoms with E-state index in [1.165, 1.54) is 5.56 Å². The minimum absolute atomic E-state index is 0.0216. The lowest BCUT2D eigenvalue weighted by Crippen LogP contribution is -2.51. The molecule has 0 aliphatic carbocycles. The smallest absolute Gasteiger partial charge is 0.252 e. The van der Waals surface area contributed by atoms with Crippen molar-refractivity contribution in [3.8, 4) is 0 Å². The maximum absolute atomic E-state index is 12.1. The third kappa shape index (κ3) is 4.30. The first-order valence-electron chi connectivity index (χ1n) is 8.11. The summed E-state index contributed by atoms with van der Waals surface area (Å²) in [6, 6.07) is 10.3. The van der Waals surface area contributed by atoms with Gasteiger partial charge in [0.15, 0.2) is 6.10 Å². The maximum atomic E-state index is 12.1. The van der Waals surface area contributed by atoms with Crippen molar-refractivity contribution in [2.75, 3.05) is 32.7 Å². The average Bonchev–Trinajstić information content (AvgIpc) is 3.31. The molecule has 2 atom stereocenters. The minimum Gasteiger partial charge on any atom is -0.359 e. The number of nitrogens with zero attached hydrogens (tertiary/aromatic N) is 2. The molecule has 1 aromatic rings. The minimum atomic E-state index is -0.370. The van der Waals surface area contributed by atoms with Gasteiger partial charge in [-0.05, 0) is 12.5 Å². The normalized spacial score (nSPS) is 24.3. The molecular weight excluding hydrogens is 294 g/mol. The molecule has 2 amide bonds. The van der Waals surface area contributed by atoms with E-state index in [0.717, 1.165) is 19.6 Å². The van der Waals surface area contributed by atoms with E-state index in [4.69, 9.17) is 4.74 Å². The molecule has 0 radical (unpaired) electrons. The molecule has 2 aliphatic heterocycles. The number of epoxide rings is 1. The highest BCUT2D eigenvalue weighted by atomic mass is 16.6. The third-order valence-electron chi connectivity index (χ3n) is 4.36. The van der Waals surface area contributed by atoms with Crippen LogP contribution in [0.5, 0.6) is 0 Å². The summed E-state index contributed by atoms with van der Waals surface area (Å²) in [5, 5.41) is 2.65. The Balaban J connectivity index is 1.38. The Hall–Kier alpha value is -1.92. The number of hydrogen-bond acceptors (Lipinski definition) is 4. The summed E-state index contributed by atoms with van der Waals surface area (Å²) in [6.07, 6.45) is -0.392.